The molecule has 0 spiro atoms. The summed E-state index contributed by atoms with van der Waals surface area (Å²) in [5, 5.41) is 5.34. The van der Waals surface area contributed by atoms with Gasteiger partial charge in [-0.3, -0.25) is 9.59 Å². The van der Waals surface area contributed by atoms with E-state index in [1.165, 1.54) is 37.1 Å². The van der Waals surface area contributed by atoms with E-state index >= 15 is 0 Å². The number of ether oxygens (including phenoxy) is 1. The lowest BCUT2D eigenvalue weighted by Gasteiger charge is -2.10. The number of carbonyl (C=O) groups is 3. The van der Waals surface area contributed by atoms with Crippen molar-refractivity contribution in [3.05, 3.63) is 89.7 Å². The SMILES string of the molecule is COC(=O)c1ccccc1NC(=O)CSc1ccc(NC(=O)c2ccccc2F)cc1. The highest BCUT2D eigenvalue weighted by Gasteiger charge is 2.14. The molecule has 0 aliphatic heterocycles. The first-order valence-corrected chi connectivity index (χ1v) is 10.2. The molecule has 0 radical (unpaired) electrons. The van der Waals surface area contributed by atoms with E-state index < -0.39 is 17.7 Å². The van der Waals surface area contributed by atoms with Gasteiger partial charge in [-0.15, -0.1) is 11.8 Å². The summed E-state index contributed by atoms with van der Waals surface area (Å²) in [5.41, 5.74) is 1.13. The van der Waals surface area contributed by atoms with Gasteiger partial charge in [0.2, 0.25) is 5.91 Å². The third-order valence-electron chi connectivity index (χ3n) is 4.21. The average Bonchev–Trinajstić information content (AvgIpc) is 2.78. The summed E-state index contributed by atoms with van der Waals surface area (Å²) < 4.78 is 18.4. The van der Waals surface area contributed by atoms with Gasteiger partial charge >= 0.3 is 5.97 Å². The van der Waals surface area contributed by atoms with E-state index in [9.17, 15) is 18.8 Å². The van der Waals surface area contributed by atoms with Gasteiger partial charge in [-0.2, -0.15) is 0 Å². The molecule has 0 saturated carbocycles. The van der Waals surface area contributed by atoms with Crippen molar-refractivity contribution in [3.8, 4) is 0 Å². The molecule has 0 aromatic heterocycles. The highest BCUT2D eigenvalue weighted by Crippen LogP contribution is 2.22. The Morgan fingerprint density at radius 3 is 2.19 bits per heavy atom. The normalized spacial score (nSPS) is 10.3. The van der Waals surface area contributed by atoms with Crippen LogP contribution in [0.2, 0.25) is 0 Å². The predicted molar refractivity (Wildman–Crippen MR) is 118 cm³/mol. The number of esters is 1. The molecule has 6 nitrogen and oxygen atoms in total. The van der Waals surface area contributed by atoms with Crippen LogP contribution in [0.5, 0.6) is 0 Å². The number of para-hydroxylation sites is 1. The molecule has 0 fully saturated rings. The van der Waals surface area contributed by atoms with Crippen LogP contribution in [0.1, 0.15) is 20.7 Å². The van der Waals surface area contributed by atoms with Gasteiger partial charge in [-0.05, 0) is 48.5 Å². The van der Waals surface area contributed by atoms with Gasteiger partial charge in [0, 0.05) is 10.6 Å². The van der Waals surface area contributed by atoms with Gasteiger partial charge in [0.1, 0.15) is 5.82 Å². The van der Waals surface area contributed by atoms with Crippen LogP contribution in [0.25, 0.3) is 0 Å². The van der Waals surface area contributed by atoms with E-state index in [0.29, 0.717) is 11.4 Å². The number of amides is 2. The standard InChI is InChI=1S/C23H19FN2O4S/c1-30-23(29)18-7-3-5-9-20(18)26-21(27)14-31-16-12-10-15(11-13-16)25-22(28)17-6-2-4-8-19(17)24/h2-13H,14H2,1H3,(H,25,28)(H,26,27). The minimum absolute atomic E-state index is 0.0372. The molecule has 0 heterocycles. The van der Waals surface area contributed by atoms with E-state index in [4.69, 9.17) is 4.74 Å². The maximum absolute atomic E-state index is 13.7. The predicted octanol–water partition coefficient (Wildman–Crippen LogP) is 4.60. The lowest BCUT2D eigenvalue weighted by Crippen LogP contribution is -2.17. The lowest BCUT2D eigenvalue weighted by molar-refractivity contribution is -0.113. The van der Waals surface area contributed by atoms with Crippen LogP contribution in [-0.4, -0.2) is 30.6 Å². The van der Waals surface area contributed by atoms with E-state index in [0.717, 1.165) is 4.90 Å². The fraction of sp³-hybridized carbons (Fsp3) is 0.0870. The highest BCUT2D eigenvalue weighted by molar-refractivity contribution is 8.00. The molecule has 3 aromatic carbocycles. The summed E-state index contributed by atoms with van der Waals surface area (Å²) in [7, 11) is 1.28. The third-order valence-corrected chi connectivity index (χ3v) is 5.22. The van der Waals surface area contributed by atoms with Crippen LogP contribution in [0.3, 0.4) is 0 Å². The van der Waals surface area contributed by atoms with Crippen molar-refractivity contribution in [2.45, 2.75) is 4.90 Å². The first-order chi connectivity index (χ1) is 15.0. The Balaban J connectivity index is 1.55. The molecule has 0 bridgehead atoms. The number of methoxy groups -OCH3 is 1. The maximum atomic E-state index is 13.7. The van der Waals surface area contributed by atoms with Gasteiger partial charge in [0.25, 0.3) is 5.91 Å². The lowest BCUT2D eigenvalue weighted by atomic mass is 10.2. The van der Waals surface area contributed by atoms with Gasteiger partial charge in [0.15, 0.2) is 0 Å². The van der Waals surface area contributed by atoms with Crippen molar-refractivity contribution in [1.29, 1.82) is 0 Å². The molecule has 158 valence electrons. The number of rotatable bonds is 7. The molecule has 0 aliphatic carbocycles. The number of hydrogen-bond donors (Lipinski definition) is 2. The largest absolute Gasteiger partial charge is 0.465 e. The first-order valence-electron chi connectivity index (χ1n) is 9.24. The Bertz CT molecular complexity index is 1100. The van der Waals surface area contributed by atoms with E-state index in [1.54, 1.807) is 54.6 Å². The minimum atomic E-state index is -0.591. The number of thioether (sulfide) groups is 1. The molecule has 31 heavy (non-hydrogen) atoms. The number of carbonyl (C=O) groups excluding carboxylic acids is 3. The molecule has 0 unspecified atom stereocenters. The van der Waals surface area contributed by atoms with E-state index in [2.05, 4.69) is 10.6 Å². The summed E-state index contributed by atoms with van der Waals surface area (Å²) in [4.78, 5) is 37.0. The van der Waals surface area contributed by atoms with Crippen molar-refractivity contribution in [2.24, 2.45) is 0 Å². The molecule has 3 rings (SSSR count). The van der Waals surface area contributed by atoms with Crippen molar-refractivity contribution < 1.29 is 23.5 Å². The van der Waals surface area contributed by atoms with Crippen LogP contribution in [0, 0.1) is 5.82 Å². The first kappa shape index (κ1) is 22.0. The minimum Gasteiger partial charge on any atom is -0.465 e. The second-order valence-electron chi connectivity index (χ2n) is 6.33. The Kier molecular flexibility index (Phi) is 7.40. The van der Waals surface area contributed by atoms with E-state index in [1.807, 2.05) is 0 Å². The van der Waals surface area contributed by atoms with Crippen LogP contribution < -0.4 is 10.6 Å². The van der Waals surface area contributed by atoms with Crippen molar-refractivity contribution >= 4 is 40.9 Å². The van der Waals surface area contributed by atoms with Crippen LogP contribution in [0.4, 0.5) is 15.8 Å². The van der Waals surface area contributed by atoms with Crippen LogP contribution in [-0.2, 0) is 9.53 Å². The van der Waals surface area contributed by atoms with Crippen molar-refractivity contribution in [1.82, 2.24) is 0 Å². The summed E-state index contributed by atoms with van der Waals surface area (Å²) >= 11 is 1.29. The smallest absolute Gasteiger partial charge is 0.339 e. The van der Waals surface area contributed by atoms with Crippen LogP contribution in [0.15, 0.2) is 77.7 Å². The second kappa shape index (κ2) is 10.4. The summed E-state index contributed by atoms with van der Waals surface area (Å²) in [6.45, 7) is 0. The fourth-order valence-electron chi connectivity index (χ4n) is 2.69. The Labute approximate surface area is 182 Å². The fourth-order valence-corrected chi connectivity index (χ4v) is 3.39. The summed E-state index contributed by atoms with van der Waals surface area (Å²) in [6, 6.07) is 19.2. The number of anilines is 2. The van der Waals surface area contributed by atoms with Crippen molar-refractivity contribution in [2.75, 3.05) is 23.5 Å². The van der Waals surface area contributed by atoms with E-state index in [-0.39, 0.29) is 22.8 Å². The summed E-state index contributed by atoms with van der Waals surface area (Å²) in [6.07, 6.45) is 0. The molecule has 2 amide bonds. The zero-order valence-electron chi connectivity index (χ0n) is 16.6. The molecule has 3 aromatic rings. The third kappa shape index (κ3) is 5.93. The van der Waals surface area contributed by atoms with Crippen LogP contribution >= 0.6 is 11.8 Å². The molecule has 0 aliphatic rings. The molecular formula is C23H19FN2O4S. The number of nitrogens with one attached hydrogen (secondary N) is 2. The maximum Gasteiger partial charge on any atom is 0.339 e. The molecule has 0 atom stereocenters. The second-order valence-corrected chi connectivity index (χ2v) is 7.38. The zero-order chi connectivity index (χ0) is 22.2. The highest BCUT2D eigenvalue weighted by atomic mass is 32.2. The van der Waals surface area contributed by atoms with Gasteiger partial charge in [-0.1, -0.05) is 24.3 Å². The van der Waals surface area contributed by atoms with Gasteiger partial charge in [0.05, 0.1) is 29.7 Å². The quantitative estimate of drug-likeness (QED) is 0.416. The zero-order valence-corrected chi connectivity index (χ0v) is 17.4. The van der Waals surface area contributed by atoms with Gasteiger partial charge in [-0.25, -0.2) is 9.18 Å². The molecule has 0 saturated heterocycles. The Morgan fingerprint density at radius 1 is 0.871 bits per heavy atom. The average molecular weight is 438 g/mol. The number of hydrogen-bond acceptors (Lipinski definition) is 5. The number of benzene rings is 3. The number of halogens is 1. The Hall–Kier alpha value is -3.65. The monoisotopic (exact) mass is 438 g/mol. The topological polar surface area (TPSA) is 84.5 Å². The molecule has 8 heteroatoms. The summed E-state index contributed by atoms with van der Waals surface area (Å²) in [5.74, 6) is -1.82. The Morgan fingerprint density at radius 2 is 1.52 bits per heavy atom. The molecular weight excluding hydrogens is 419 g/mol. The van der Waals surface area contributed by atoms with Gasteiger partial charge < -0.3 is 15.4 Å². The van der Waals surface area contributed by atoms with Crippen molar-refractivity contribution in [3.63, 3.8) is 0 Å². The molecule has 2 N–H and O–H groups in total.